The minimum absolute atomic E-state index is 0.0294. The topological polar surface area (TPSA) is 99.2 Å². The number of hydrogen-bond donors (Lipinski definition) is 0. The maximum absolute atomic E-state index is 10.7. The van der Waals surface area contributed by atoms with E-state index >= 15 is 0 Å². The molecule has 2 aromatic rings. The Hall–Kier alpha value is -2.57. The van der Waals surface area contributed by atoms with Crippen molar-refractivity contribution in [2.45, 2.75) is 0 Å². The molecule has 0 fully saturated rings. The minimum atomic E-state index is -0.612. The van der Waals surface area contributed by atoms with E-state index in [-0.39, 0.29) is 22.3 Å². The molecular weight excluding hydrogens is 214 g/mol. The number of pyridine rings is 1. The van der Waals surface area contributed by atoms with Crippen LogP contribution in [-0.2, 0) is 0 Å². The molecule has 0 bridgehead atoms. The molecule has 0 amide bonds. The van der Waals surface area contributed by atoms with Gasteiger partial charge < -0.3 is 0 Å². The first-order valence-electron chi connectivity index (χ1n) is 4.28. The monoisotopic (exact) mass is 219 g/mol. The van der Waals surface area contributed by atoms with Crippen LogP contribution in [0.1, 0.15) is 0 Å². The molecule has 1 aromatic heterocycles. The fourth-order valence-electron chi connectivity index (χ4n) is 1.45. The summed E-state index contributed by atoms with van der Waals surface area (Å²) in [5.41, 5.74) is -0.392. The lowest BCUT2D eigenvalue weighted by Crippen LogP contribution is -1.95. The first-order valence-corrected chi connectivity index (χ1v) is 4.28. The van der Waals surface area contributed by atoms with E-state index in [1.807, 2.05) is 0 Å². The highest BCUT2D eigenvalue weighted by atomic mass is 16.6. The Morgan fingerprint density at radius 1 is 1.00 bits per heavy atom. The molecule has 1 heterocycles. The average molecular weight is 219 g/mol. The number of hydrogen-bond acceptors (Lipinski definition) is 5. The minimum Gasteiger partial charge on any atom is -0.258 e. The van der Waals surface area contributed by atoms with Gasteiger partial charge in [-0.05, 0) is 12.1 Å². The van der Waals surface area contributed by atoms with Crippen molar-refractivity contribution in [2.75, 3.05) is 0 Å². The standard InChI is InChI=1S/C9H5N3O4/c13-11(14)7-3-4-8(12(15)16)9-6(7)2-1-5-10-9/h1-5H. The molecule has 7 heteroatoms. The zero-order valence-corrected chi connectivity index (χ0v) is 7.86. The molecule has 0 N–H and O–H groups in total. The normalized spacial score (nSPS) is 10.2. The summed E-state index contributed by atoms with van der Waals surface area (Å²) >= 11 is 0. The van der Waals surface area contributed by atoms with Gasteiger partial charge in [-0.25, -0.2) is 4.98 Å². The third-order valence-electron chi connectivity index (χ3n) is 2.12. The van der Waals surface area contributed by atoms with E-state index in [1.54, 1.807) is 0 Å². The second kappa shape index (κ2) is 3.54. The van der Waals surface area contributed by atoms with Crippen LogP contribution in [0.3, 0.4) is 0 Å². The Bertz CT molecular complexity index is 544. The van der Waals surface area contributed by atoms with Gasteiger partial charge in [0, 0.05) is 18.3 Å². The van der Waals surface area contributed by atoms with Gasteiger partial charge in [0.15, 0.2) is 5.52 Å². The van der Waals surface area contributed by atoms with Crippen molar-refractivity contribution in [3.8, 4) is 0 Å². The molecular formula is C9H5N3O4. The van der Waals surface area contributed by atoms with Gasteiger partial charge in [-0.15, -0.1) is 0 Å². The summed E-state index contributed by atoms with van der Waals surface area (Å²) in [5, 5.41) is 21.6. The molecule has 80 valence electrons. The molecule has 1 aromatic carbocycles. The molecule has 16 heavy (non-hydrogen) atoms. The zero-order valence-electron chi connectivity index (χ0n) is 7.86. The van der Waals surface area contributed by atoms with E-state index in [4.69, 9.17) is 0 Å². The van der Waals surface area contributed by atoms with Crippen molar-refractivity contribution >= 4 is 22.3 Å². The lowest BCUT2D eigenvalue weighted by Gasteiger charge is -1.99. The second-order valence-electron chi connectivity index (χ2n) is 3.02. The van der Waals surface area contributed by atoms with Crippen molar-refractivity contribution in [2.24, 2.45) is 0 Å². The van der Waals surface area contributed by atoms with E-state index in [1.165, 1.54) is 18.3 Å². The largest absolute Gasteiger partial charge is 0.295 e. The van der Waals surface area contributed by atoms with Gasteiger partial charge >= 0.3 is 0 Å². The average Bonchev–Trinajstić information content (AvgIpc) is 2.27. The third kappa shape index (κ3) is 1.44. The number of aromatic nitrogens is 1. The first kappa shape index (κ1) is 9.97. The molecule has 2 rings (SSSR count). The fourth-order valence-corrected chi connectivity index (χ4v) is 1.45. The van der Waals surface area contributed by atoms with Crippen LogP contribution in [0, 0.1) is 20.2 Å². The number of non-ortho nitro benzene ring substituents is 2. The Morgan fingerprint density at radius 3 is 2.25 bits per heavy atom. The fraction of sp³-hybridized carbons (Fsp3) is 0. The quantitative estimate of drug-likeness (QED) is 0.568. The molecule has 7 nitrogen and oxygen atoms in total. The molecule has 0 saturated carbocycles. The van der Waals surface area contributed by atoms with Crippen LogP contribution < -0.4 is 0 Å². The molecule has 0 radical (unpaired) electrons. The summed E-state index contributed by atoms with van der Waals surface area (Å²) < 4.78 is 0. The molecule has 0 unspecified atom stereocenters. The van der Waals surface area contributed by atoms with Crippen LogP contribution in [0.15, 0.2) is 30.5 Å². The maximum Gasteiger partial charge on any atom is 0.295 e. The molecule has 0 aliphatic heterocycles. The first-order chi connectivity index (χ1) is 7.61. The van der Waals surface area contributed by atoms with Gasteiger partial charge in [0.1, 0.15) is 0 Å². The molecule has 0 spiro atoms. The van der Waals surface area contributed by atoms with Crippen LogP contribution in [0.2, 0.25) is 0 Å². The smallest absolute Gasteiger partial charge is 0.258 e. The molecule has 0 atom stereocenters. The number of nitro benzene ring substituents is 2. The second-order valence-corrected chi connectivity index (χ2v) is 3.02. The number of rotatable bonds is 2. The lowest BCUT2D eigenvalue weighted by atomic mass is 10.1. The van der Waals surface area contributed by atoms with Crippen LogP contribution in [0.5, 0.6) is 0 Å². The number of benzene rings is 1. The van der Waals surface area contributed by atoms with Crippen molar-refractivity contribution in [3.05, 3.63) is 50.7 Å². The summed E-state index contributed by atoms with van der Waals surface area (Å²) in [6, 6.07) is 5.14. The Kier molecular flexibility index (Phi) is 2.20. The Morgan fingerprint density at radius 2 is 1.62 bits per heavy atom. The van der Waals surface area contributed by atoms with E-state index in [9.17, 15) is 20.2 Å². The van der Waals surface area contributed by atoms with Gasteiger partial charge in [0.05, 0.1) is 15.2 Å². The van der Waals surface area contributed by atoms with E-state index in [0.717, 1.165) is 12.1 Å². The van der Waals surface area contributed by atoms with Crippen LogP contribution in [0.4, 0.5) is 11.4 Å². The maximum atomic E-state index is 10.7. The molecule has 0 saturated heterocycles. The van der Waals surface area contributed by atoms with Crippen molar-refractivity contribution in [3.63, 3.8) is 0 Å². The molecule has 0 aliphatic rings. The van der Waals surface area contributed by atoms with Gasteiger partial charge in [-0.2, -0.15) is 0 Å². The van der Waals surface area contributed by atoms with Crippen LogP contribution in [-0.4, -0.2) is 14.8 Å². The van der Waals surface area contributed by atoms with Crippen LogP contribution in [0.25, 0.3) is 10.9 Å². The van der Waals surface area contributed by atoms with E-state index in [2.05, 4.69) is 4.98 Å². The van der Waals surface area contributed by atoms with Gasteiger partial charge in [-0.1, -0.05) is 0 Å². The Balaban J connectivity index is 2.87. The van der Waals surface area contributed by atoms with Gasteiger partial charge in [0.25, 0.3) is 11.4 Å². The lowest BCUT2D eigenvalue weighted by molar-refractivity contribution is -0.386. The highest BCUT2D eigenvalue weighted by molar-refractivity contribution is 5.94. The highest BCUT2D eigenvalue weighted by Gasteiger charge is 2.20. The van der Waals surface area contributed by atoms with Crippen LogP contribution >= 0.6 is 0 Å². The summed E-state index contributed by atoms with van der Waals surface area (Å²) in [6.45, 7) is 0. The predicted molar refractivity (Wildman–Crippen MR) is 55.1 cm³/mol. The predicted octanol–water partition coefficient (Wildman–Crippen LogP) is 2.05. The SMILES string of the molecule is O=[N+]([O-])c1ccc([N+](=O)[O-])c2ncccc12. The Labute approximate surface area is 88.6 Å². The number of nitrogens with zero attached hydrogens (tertiary/aromatic N) is 3. The number of fused-ring (bicyclic) bond motifs is 1. The zero-order chi connectivity index (χ0) is 11.7. The van der Waals surface area contributed by atoms with Crippen molar-refractivity contribution < 1.29 is 9.85 Å². The van der Waals surface area contributed by atoms with E-state index in [0.29, 0.717) is 0 Å². The van der Waals surface area contributed by atoms with Crippen molar-refractivity contribution in [1.29, 1.82) is 0 Å². The summed E-state index contributed by atoms with van der Waals surface area (Å²) in [5.74, 6) is 0. The summed E-state index contributed by atoms with van der Waals surface area (Å²) in [6.07, 6.45) is 1.36. The number of nitro groups is 2. The highest BCUT2D eigenvalue weighted by Crippen LogP contribution is 2.30. The van der Waals surface area contributed by atoms with Crippen molar-refractivity contribution in [1.82, 2.24) is 4.98 Å². The molecule has 0 aliphatic carbocycles. The van der Waals surface area contributed by atoms with Gasteiger partial charge in [-0.3, -0.25) is 20.2 Å². The summed E-state index contributed by atoms with van der Waals surface area (Å²) in [7, 11) is 0. The summed E-state index contributed by atoms with van der Waals surface area (Å²) in [4.78, 5) is 24.0. The van der Waals surface area contributed by atoms with E-state index < -0.39 is 9.85 Å². The third-order valence-corrected chi connectivity index (χ3v) is 2.12. The van der Waals surface area contributed by atoms with Gasteiger partial charge in [0.2, 0.25) is 0 Å².